The van der Waals surface area contributed by atoms with Crippen molar-refractivity contribution in [2.45, 2.75) is 27.3 Å². The Kier molecular flexibility index (Phi) is 4.52. The summed E-state index contributed by atoms with van der Waals surface area (Å²) in [6.45, 7) is 6.24. The van der Waals surface area contributed by atoms with Gasteiger partial charge in [-0.05, 0) is 26.3 Å². The van der Waals surface area contributed by atoms with Crippen LogP contribution in [-0.4, -0.2) is 21.3 Å². The van der Waals surface area contributed by atoms with Gasteiger partial charge in [0.05, 0.1) is 17.8 Å². The van der Waals surface area contributed by atoms with Crippen LogP contribution in [0.1, 0.15) is 38.8 Å². The van der Waals surface area contributed by atoms with E-state index in [-0.39, 0.29) is 5.56 Å². The minimum absolute atomic E-state index is 0.284. The highest BCUT2D eigenvalue weighted by Gasteiger charge is 2.30. The van der Waals surface area contributed by atoms with E-state index in [0.717, 1.165) is 11.1 Å². The SMILES string of the molecule is CCn1cc(C(=O)C(C#N)C(=O)c2ccc(C)cc2C)cn1. The molecule has 0 radical (unpaired) electrons. The van der Waals surface area contributed by atoms with Crippen LogP contribution in [0.15, 0.2) is 30.6 Å². The Balaban J connectivity index is 2.33. The molecule has 0 aliphatic heterocycles. The molecule has 2 rings (SSSR count). The van der Waals surface area contributed by atoms with E-state index in [2.05, 4.69) is 5.10 Å². The number of carbonyl (C=O) groups is 2. The molecular formula is C17H17N3O2. The summed E-state index contributed by atoms with van der Waals surface area (Å²) in [6.07, 6.45) is 2.95. The van der Waals surface area contributed by atoms with Crippen molar-refractivity contribution >= 4 is 11.6 Å². The lowest BCUT2D eigenvalue weighted by molar-refractivity contribution is 0.0845. The number of hydrogen-bond acceptors (Lipinski definition) is 4. The van der Waals surface area contributed by atoms with E-state index in [4.69, 9.17) is 0 Å². The molecule has 5 heteroatoms. The topological polar surface area (TPSA) is 75.8 Å². The van der Waals surface area contributed by atoms with Crippen LogP contribution in [0.5, 0.6) is 0 Å². The van der Waals surface area contributed by atoms with Crippen LogP contribution < -0.4 is 0 Å². The molecule has 0 saturated carbocycles. The average molecular weight is 295 g/mol. The van der Waals surface area contributed by atoms with Crippen LogP contribution >= 0.6 is 0 Å². The molecule has 0 N–H and O–H groups in total. The van der Waals surface area contributed by atoms with Crippen molar-refractivity contribution in [3.8, 4) is 6.07 Å². The summed E-state index contributed by atoms with van der Waals surface area (Å²) in [5.74, 6) is -2.31. The van der Waals surface area contributed by atoms with E-state index in [1.807, 2.05) is 26.0 Å². The highest BCUT2D eigenvalue weighted by atomic mass is 16.2. The fourth-order valence-corrected chi connectivity index (χ4v) is 2.31. The van der Waals surface area contributed by atoms with Gasteiger partial charge in [0, 0.05) is 18.3 Å². The highest BCUT2D eigenvalue weighted by molar-refractivity contribution is 6.18. The molecule has 0 saturated heterocycles. The van der Waals surface area contributed by atoms with Gasteiger partial charge in [-0.2, -0.15) is 10.4 Å². The van der Waals surface area contributed by atoms with Gasteiger partial charge in [-0.1, -0.05) is 23.8 Å². The number of hydrogen-bond donors (Lipinski definition) is 0. The first-order chi connectivity index (χ1) is 10.5. The van der Waals surface area contributed by atoms with E-state index in [0.29, 0.717) is 12.1 Å². The zero-order valence-electron chi connectivity index (χ0n) is 12.8. The predicted octanol–water partition coefficient (Wildman–Crippen LogP) is 2.73. The first-order valence-corrected chi connectivity index (χ1v) is 7.05. The standard InChI is InChI=1S/C17H17N3O2/c1-4-20-10-13(9-19-20)16(21)15(8-18)17(22)14-6-5-11(2)7-12(14)3/h5-7,9-10,15H,4H2,1-3H3. The Hall–Kier alpha value is -2.74. The van der Waals surface area contributed by atoms with Crippen molar-refractivity contribution in [2.75, 3.05) is 0 Å². The lowest BCUT2D eigenvalue weighted by atomic mass is 9.90. The second kappa shape index (κ2) is 6.35. The molecule has 5 nitrogen and oxygen atoms in total. The smallest absolute Gasteiger partial charge is 0.191 e. The highest BCUT2D eigenvalue weighted by Crippen LogP contribution is 2.18. The second-order valence-electron chi connectivity index (χ2n) is 5.19. The van der Waals surface area contributed by atoms with E-state index in [9.17, 15) is 14.9 Å². The Morgan fingerprint density at radius 3 is 2.59 bits per heavy atom. The lowest BCUT2D eigenvalue weighted by Crippen LogP contribution is -2.23. The summed E-state index contributed by atoms with van der Waals surface area (Å²) < 4.78 is 1.59. The number of nitriles is 1. The van der Waals surface area contributed by atoms with Gasteiger partial charge >= 0.3 is 0 Å². The zero-order chi connectivity index (χ0) is 16.3. The largest absolute Gasteiger partial charge is 0.292 e. The Labute approximate surface area is 129 Å². The van der Waals surface area contributed by atoms with Gasteiger partial charge in [-0.3, -0.25) is 14.3 Å². The summed E-state index contributed by atoms with van der Waals surface area (Å²) >= 11 is 0. The summed E-state index contributed by atoms with van der Waals surface area (Å²) in [5, 5.41) is 13.3. The molecule has 1 atom stereocenters. The number of rotatable bonds is 5. The van der Waals surface area contributed by atoms with Crippen molar-refractivity contribution in [3.05, 3.63) is 52.8 Å². The Bertz CT molecular complexity index is 768. The normalized spacial score (nSPS) is 11.7. The van der Waals surface area contributed by atoms with Crippen LogP contribution in [0.25, 0.3) is 0 Å². The molecule has 112 valence electrons. The molecule has 0 amide bonds. The van der Waals surface area contributed by atoms with Gasteiger partial charge in [-0.25, -0.2) is 0 Å². The Morgan fingerprint density at radius 2 is 2.05 bits per heavy atom. The summed E-state index contributed by atoms with van der Waals surface area (Å²) in [4.78, 5) is 24.9. The van der Waals surface area contributed by atoms with Gasteiger partial charge in [0.2, 0.25) is 0 Å². The van der Waals surface area contributed by atoms with Crippen LogP contribution in [0.4, 0.5) is 0 Å². The van der Waals surface area contributed by atoms with Gasteiger partial charge < -0.3 is 0 Å². The van der Waals surface area contributed by atoms with Gasteiger partial charge in [0.15, 0.2) is 17.5 Å². The minimum Gasteiger partial charge on any atom is -0.292 e. The fraction of sp³-hybridized carbons (Fsp3) is 0.294. The summed E-state index contributed by atoms with van der Waals surface area (Å²) in [5.41, 5.74) is 2.49. The van der Waals surface area contributed by atoms with Crippen LogP contribution in [0.3, 0.4) is 0 Å². The van der Waals surface area contributed by atoms with Gasteiger partial charge in [-0.15, -0.1) is 0 Å². The number of benzene rings is 1. The molecule has 0 fully saturated rings. The minimum atomic E-state index is -1.34. The molecule has 1 aromatic carbocycles. The molecule has 1 aromatic heterocycles. The quantitative estimate of drug-likeness (QED) is 0.628. The zero-order valence-corrected chi connectivity index (χ0v) is 12.8. The first kappa shape index (κ1) is 15.6. The molecule has 2 aromatic rings. The average Bonchev–Trinajstić information content (AvgIpc) is 2.96. The number of nitrogens with zero attached hydrogens (tertiary/aromatic N) is 3. The lowest BCUT2D eigenvalue weighted by Gasteiger charge is -2.09. The van der Waals surface area contributed by atoms with Crippen LogP contribution in [0, 0.1) is 31.1 Å². The van der Waals surface area contributed by atoms with Crippen molar-refractivity contribution < 1.29 is 9.59 Å². The van der Waals surface area contributed by atoms with E-state index < -0.39 is 17.5 Å². The third kappa shape index (κ3) is 2.96. The maximum atomic E-state index is 12.5. The molecule has 0 aliphatic rings. The molecule has 0 bridgehead atoms. The van der Waals surface area contributed by atoms with Crippen molar-refractivity contribution in [3.63, 3.8) is 0 Å². The van der Waals surface area contributed by atoms with E-state index >= 15 is 0 Å². The third-order valence-corrected chi connectivity index (χ3v) is 3.54. The summed E-state index contributed by atoms with van der Waals surface area (Å²) in [6, 6.07) is 7.16. The number of carbonyl (C=O) groups excluding carboxylic acids is 2. The van der Waals surface area contributed by atoms with Gasteiger partial charge in [0.1, 0.15) is 0 Å². The number of aryl methyl sites for hydroxylation is 3. The van der Waals surface area contributed by atoms with Crippen molar-refractivity contribution in [2.24, 2.45) is 5.92 Å². The van der Waals surface area contributed by atoms with E-state index in [1.54, 1.807) is 29.9 Å². The number of aromatic nitrogens is 2. The monoisotopic (exact) mass is 295 g/mol. The maximum absolute atomic E-state index is 12.5. The van der Waals surface area contributed by atoms with Crippen molar-refractivity contribution in [1.29, 1.82) is 5.26 Å². The van der Waals surface area contributed by atoms with Gasteiger partial charge in [0.25, 0.3) is 0 Å². The predicted molar refractivity (Wildman–Crippen MR) is 81.6 cm³/mol. The van der Waals surface area contributed by atoms with Crippen LogP contribution in [-0.2, 0) is 6.54 Å². The summed E-state index contributed by atoms with van der Waals surface area (Å²) in [7, 11) is 0. The maximum Gasteiger partial charge on any atom is 0.191 e. The van der Waals surface area contributed by atoms with Crippen molar-refractivity contribution in [1.82, 2.24) is 9.78 Å². The molecule has 0 spiro atoms. The molecule has 22 heavy (non-hydrogen) atoms. The van der Waals surface area contributed by atoms with E-state index in [1.165, 1.54) is 6.20 Å². The third-order valence-electron chi connectivity index (χ3n) is 3.54. The Morgan fingerprint density at radius 1 is 1.32 bits per heavy atom. The van der Waals surface area contributed by atoms with Crippen LogP contribution in [0.2, 0.25) is 0 Å². The molecule has 1 heterocycles. The molecular weight excluding hydrogens is 278 g/mol. The number of ketones is 2. The molecule has 0 aliphatic carbocycles. The number of Topliss-reactive ketones (excluding diaryl/α,β-unsaturated/α-hetero) is 2. The first-order valence-electron chi connectivity index (χ1n) is 7.05. The second-order valence-corrected chi connectivity index (χ2v) is 5.19. The molecule has 1 unspecified atom stereocenters. The fourth-order valence-electron chi connectivity index (χ4n) is 2.31.